The molecule has 3 rings (SSSR count). The Morgan fingerprint density at radius 3 is 2.39 bits per heavy atom. The van der Waals surface area contributed by atoms with E-state index < -0.39 is 29.5 Å². The Labute approximate surface area is 130 Å². The number of phenols is 4. The molecule has 7 nitrogen and oxygen atoms in total. The largest absolute Gasteiger partial charge is 0.504 e. The van der Waals surface area contributed by atoms with Gasteiger partial charge in [-0.05, 0) is 29.8 Å². The second-order valence-corrected chi connectivity index (χ2v) is 5.46. The van der Waals surface area contributed by atoms with Crippen LogP contribution >= 0.6 is 0 Å². The van der Waals surface area contributed by atoms with Gasteiger partial charge in [0.2, 0.25) is 11.5 Å². The number of fused-ring (bicyclic) bond motifs is 1. The van der Waals surface area contributed by atoms with Gasteiger partial charge in [0.25, 0.3) is 0 Å². The van der Waals surface area contributed by atoms with E-state index in [1.54, 1.807) is 0 Å². The summed E-state index contributed by atoms with van der Waals surface area (Å²) in [5, 5.41) is 48.5. The highest BCUT2D eigenvalue weighted by Gasteiger charge is 2.43. The molecule has 0 bridgehead atoms. The first-order valence-corrected chi connectivity index (χ1v) is 6.77. The number of hydrogen-bond donors (Lipinski definition) is 5. The third-order valence-electron chi connectivity index (χ3n) is 3.77. The Hall–Kier alpha value is -2.93. The molecule has 0 aliphatic carbocycles. The summed E-state index contributed by atoms with van der Waals surface area (Å²) in [6, 6.07) is 6.34. The van der Waals surface area contributed by atoms with Gasteiger partial charge in [-0.2, -0.15) is 0 Å². The molecule has 23 heavy (non-hydrogen) atoms. The summed E-state index contributed by atoms with van der Waals surface area (Å²) in [6.45, 7) is -0.419. The van der Waals surface area contributed by atoms with E-state index in [9.17, 15) is 30.3 Å². The highest BCUT2D eigenvalue weighted by molar-refractivity contribution is 6.06. The Balaban J connectivity index is 1.95. The highest BCUT2D eigenvalue weighted by Crippen LogP contribution is 2.43. The minimum absolute atomic E-state index is 0.0444. The van der Waals surface area contributed by atoms with E-state index in [4.69, 9.17) is 4.74 Å². The summed E-state index contributed by atoms with van der Waals surface area (Å²) in [5.74, 6) is -2.49. The fraction of sp³-hybridized carbons (Fsp3) is 0.188. The highest BCUT2D eigenvalue weighted by atomic mass is 16.5. The lowest BCUT2D eigenvalue weighted by atomic mass is 9.85. The van der Waals surface area contributed by atoms with E-state index in [0.29, 0.717) is 5.56 Å². The zero-order chi connectivity index (χ0) is 16.8. The fourth-order valence-electron chi connectivity index (χ4n) is 2.54. The average Bonchev–Trinajstić information content (AvgIpc) is 2.51. The van der Waals surface area contributed by atoms with E-state index >= 15 is 0 Å². The number of rotatable bonds is 2. The van der Waals surface area contributed by atoms with E-state index in [2.05, 4.69) is 0 Å². The van der Waals surface area contributed by atoms with E-state index in [1.165, 1.54) is 24.3 Å². The lowest BCUT2D eigenvalue weighted by Gasteiger charge is -2.32. The van der Waals surface area contributed by atoms with Crippen LogP contribution in [0.1, 0.15) is 15.9 Å². The van der Waals surface area contributed by atoms with Crippen LogP contribution in [0.4, 0.5) is 0 Å². The van der Waals surface area contributed by atoms with Crippen molar-refractivity contribution in [1.82, 2.24) is 0 Å². The van der Waals surface area contributed by atoms with Gasteiger partial charge in [0.15, 0.2) is 28.6 Å². The van der Waals surface area contributed by atoms with Gasteiger partial charge in [-0.3, -0.25) is 4.79 Å². The van der Waals surface area contributed by atoms with Crippen LogP contribution in [-0.4, -0.2) is 43.5 Å². The van der Waals surface area contributed by atoms with E-state index in [1.807, 2.05) is 0 Å². The maximum Gasteiger partial charge on any atom is 0.202 e. The van der Waals surface area contributed by atoms with Crippen molar-refractivity contribution in [2.45, 2.75) is 12.0 Å². The van der Waals surface area contributed by atoms with Crippen LogP contribution in [0, 0.1) is 0 Å². The Morgan fingerprint density at radius 1 is 1.00 bits per heavy atom. The van der Waals surface area contributed by atoms with Crippen molar-refractivity contribution in [3.05, 3.63) is 41.5 Å². The molecule has 1 aliphatic rings. The van der Waals surface area contributed by atoms with Crippen LogP contribution in [0.15, 0.2) is 30.3 Å². The molecule has 0 saturated heterocycles. The molecular weight excluding hydrogens is 304 g/mol. The van der Waals surface area contributed by atoms with Crippen molar-refractivity contribution < 1.29 is 35.1 Å². The number of Topliss-reactive ketones (excluding diaryl/α,β-unsaturated/α-hetero) is 1. The molecular formula is C16H14O7. The van der Waals surface area contributed by atoms with E-state index in [-0.39, 0.29) is 29.2 Å². The van der Waals surface area contributed by atoms with Gasteiger partial charge in [0.05, 0.1) is 5.56 Å². The summed E-state index contributed by atoms with van der Waals surface area (Å²) < 4.78 is 5.25. The molecule has 120 valence electrons. The topological polar surface area (TPSA) is 127 Å². The predicted octanol–water partition coefficient (Wildman–Crippen LogP) is 1.06. The number of aromatic hydroxyl groups is 4. The Morgan fingerprint density at radius 2 is 1.70 bits per heavy atom. The Bertz CT molecular complexity index is 799. The van der Waals surface area contributed by atoms with Gasteiger partial charge in [-0.1, -0.05) is 6.07 Å². The molecule has 0 saturated carbocycles. The van der Waals surface area contributed by atoms with Gasteiger partial charge in [0.1, 0.15) is 6.61 Å². The minimum atomic E-state index is -1.89. The molecule has 0 radical (unpaired) electrons. The van der Waals surface area contributed by atoms with Crippen LogP contribution in [0.5, 0.6) is 28.7 Å². The first-order valence-electron chi connectivity index (χ1n) is 6.77. The van der Waals surface area contributed by atoms with Crippen LogP contribution in [0.2, 0.25) is 0 Å². The molecule has 5 N–H and O–H groups in total. The van der Waals surface area contributed by atoms with Gasteiger partial charge < -0.3 is 30.3 Å². The molecule has 2 aromatic rings. The van der Waals surface area contributed by atoms with Gasteiger partial charge in [-0.15, -0.1) is 0 Å². The SMILES string of the molecule is O=C1c2ccc(O)c(O)c2OC[C@@]1(O)Cc1ccc(O)c(O)c1. The van der Waals surface area contributed by atoms with Gasteiger partial charge in [0, 0.05) is 6.42 Å². The van der Waals surface area contributed by atoms with Crippen molar-refractivity contribution in [1.29, 1.82) is 0 Å². The maximum absolute atomic E-state index is 12.5. The summed E-state index contributed by atoms with van der Waals surface area (Å²) in [6.07, 6.45) is -0.152. The normalized spacial score (nSPS) is 20.0. The number of phenolic OH excluding ortho intramolecular Hbond substituents is 4. The lowest BCUT2D eigenvalue weighted by Crippen LogP contribution is -2.49. The number of hydrogen-bond acceptors (Lipinski definition) is 7. The number of aliphatic hydroxyl groups is 1. The molecule has 0 amide bonds. The van der Waals surface area contributed by atoms with Crippen molar-refractivity contribution in [3.8, 4) is 28.7 Å². The summed E-state index contributed by atoms with van der Waals surface area (Å²) in [5.41, 5.74) is -1.51. The number of carbonyl (C=O) groups excluding carboxylic acids is 1. The van der Waals surface area contributed by atoms with Crippen LogP contribution < -0.4 is 4.74 Å². The van der Waals surface area contributed by atoms with Crippen molar-refractivity contribution in [2.75, 3.05) is 6.61 Å². The fourth-order valence-corrected chi connectivity index (χ4v) is 2.54. The summed E-state index contributed by atoms with van der Waals surface area (Å²) >= 11 is 0. The third kappa shape index (κ3) is 2.40. The molecule has 1 heterocycles. The van der Waals surface area contributed by atoms with Crippen molar-refractivity contribution in [2.24, 2.45) is 0 Å². The molecule has 1 atom stereocenters. The Kier molecular flexibility index (Phi) is 3.30. The zero-order valence-corrected chi connectivity index (χ0v) is 11.9. The van der Waals surface area contributed by atoms with Crippen molar-refractivity contribution in [3.63, 3.8) is 0 Å². The molecule has 0 aromatic heterocycles. The predicted molar refractivity (Wildman–Crippen MR) is 78.0 cm³/mol. The molecule has 0 spiro atoms. The number of carbonyl (C=O) groups is 1. The second kappa shape index (κ2) is 5.06. The van der Waals surface area contributed by atoms with Crippen LogP contribution in [0.3, 0.4) is 0 Å². The van der Waals surface area contributed by atoms with Crippen LogP contribution in [0.25, 0.3) is 0 Å². The molecule has 0 fully saturated rings. The third-order valence-corrected chi connectivity index (χ3v) is 3.77. The van der Waals surface area contributed by atoms with Crippen LogP contribution in [-0.2, 0) is 6.42 Å². The molecule has 0 unspecified atom stereocenters. The monoisotopic (exact) mass is 318 g/mol. The number of benzene rings is 2. The molecule has 7 heteroatoms. The van der Waals surface area contributed by atoms with Gasteiger partial charge >= 0.3 is 0 Å². The van der Waals surface area contributed by atoms with Crippen molar-refractivity contribution >= 4 is 5.78 Å². The first kappa shape index (κ1) is 15.0. The number of ether oxygens (including phenoxy) is 1. The quantitative estimate of drug-likeness (QED) is 0.524. The lowest BCUT2D eigenvalue weighted by molar-refractivity contribution is -0.00274. The smallest absolute Gasteiger partial charge is 0.202 e. The minimum Gasteiger partial charge on any atom is -0.504 e. The number of ketones is 1. The molecule has 1 aliphatic heterocycles. The molecule has 2 aromatic carbocycles. The second-order valence-electron chi connectivity index (χ2n) is 5.46. The van der Waals surface area contributed by atoms with E-state index in [0.717, 1.165) is 6.07 Å². The summed E-state index contributed by atoms with van der Waals surface area (Å²) in [4.78, 5) is 12.5. The maximum atomic E-state index is 12.5. The first-order chi connectivity index (χ1) is 10.8. The zero-order valence-electron chi connectivity index (χ0n) is 11.9. The van der Waals surface area contributed by atoms with Gasteiger partial charge in [-0.25, -0.2) is 0 Å². The standard InChI is InChI=1S/C16H14O7/c17-10-3-1-8(5-12(10)19)6-16(22)7-23-14-9(15(16)21)2-4-11(18)13(14)20/h1-5,17-20,22H,6-7H2/t16-/m0/s1. The summed E-state index contributed by atoms with van der Waals surface area (Å²) in [7, 11) is 0. The average molecular weight is 318 g/mol.